The maximum atomic E-state index is 12.2. The SMILES string of the molecule is O=C1S[N+]([O-])(O)c2cc(-c3ccc4nccc(-c5ccncc5)c4c3)ccc21. The molecule has 0 saturated heterocycles. The van der Waals surface area contributed by atoms with Crippen LogP contribution >= 0.6 is 11.9 Å². The molecule has 28 heavy (non-hydrogen) atoms. The third kappa shape index (κ3) is 2.69. The summed E-state index contributed by atoms with van der Waals surface area (Å²) in [6, 6.07) is 16.6. The van der Waals surface area contributed by atoms with Gasteiger partial charge in [0.15, 0.2) is 17.6 Å². The summed E-state index contributed by atoms with van der Waals surface area (Å²) in [5.74, 6) is 0. The lowest BCUT2D eigenvalue weighted by Crippen LogP contribution is -2.27. The minimum atomic E-state index is -1.74. The van der Waals surface area contributed by atoms with Crippen molar-refractivity contribution < 1.29 is 10.0 Å². The quantitative estimate of drug-likeness (QED) is 0.297. The molecule has 6 nitrogen and oxygen atoms in total. The number of benzene rings is 2. The molecule has 1 N–H and O–H groups in total. The van der Waals surface area contributed by atoms with E-state index in [1.165, 1.54) is 0 Å². The average Bonchev–Trinajstić information content (AvgIpc) is 2.96. The first-order valence-corrected chi connectivity index (χ1v) is 9.31. The Labute approximate surface area is 164 Å². The Balaban J connectivity index is 1.68. The van der Waals surface area contributed by atoms with Crippen LogP contribution in [-0.2, 0) is 0 Å². The van der Waals surface area contributed by atoms with Crippen molar-refractivity contribution >= 4 is 33.7 Å². The van der Waals surface area contributed by atoms with Crippen molar-refractivity contribution in [3.05, 3.63) is 84.0 Å². The summed E-state index contributed by atoms with van der Waals surface area (Å²) in [5, 5.41) is 22.7. The Morgan fingerprint density at radius 2 is 1.61 bits per heavy atom. The topological polar surface area (TPSA) is 86.1 Å². The van der Waals surface area contributed by atoms with Crippen molar-refractivity contribution in [2.45, 2.75) is 0 Å². The summed E-state index contributed by atoms with van der Waals surface area (Å²) >= 11 is 0.340. The van der Waals surface area contributed by atoms with Crippen molar-refractivity contribution in [3.63, 3.8) is 0 Å². The zero-order valence-corrected chi connectivity index (χ0v) is 15.3. The van der Waals surface area contributed by atoms with E-state index in [2.05, 4.69) is 9.97 Å². The molecule has 7 heteroatoms. The second-order valence-electron chi connectivity index (χ2n) is 6.46. The van der Waals surface area contributed by atoms with E-state index in [0.717, 1.165) is 33.2 Å². The van der Waals surface area contributed by atoms with Crippen molar-refractivity contribution in [1.82, 2.24) is 14.2 Å². The van der Waals surface area contributed by atoms with Crippen LogP contribution in [0.5, 0.6) is 0 Å². The Morgan fingerprint density at radius 3 is 2.43 bits per heavy atom. The molecular weight excluding hydrogens is 374 g/mol. The second kappa shape index (κ2) is 6.22. The first-order chi connectivity index (χ1) is 13.5. The number of aromatic nitrogens is 2. The third-order valence-electron chi connectivity index (χ3n) is 4.79. The lowest BCUT2D eigenvalue weighted by molar-refractivity contribution is 0.0767. The fraction of sp³-hybridized carbons (Fsp3) is 0. The summed E-state index contributed by atoms with van der Waals surface area (Å²) in [4.78, 5) is 20.4. The summed E-state index contributed by atoms with van der Waals surface area (Å²) < 4.78 is -1.74. The molecule has 1 atom stereocenters. The first kappa shape index (κ1) is 17.0. The van der Waals surface area contributed by atoms with Gasteiger partial charge >= 0.3 is 0 Å². The molecule has 136 valence electrons. The van der Waals surface area contributed by atoms with Crippen molar-refractivity contribution in [1.29, 1.82) is 0 Å². The van der Waals surface area contributed by atoms with Crippen LogP contribution in [0.1, 0.15) is 10.4 Å². The maximum absolute atomic E-state index is 12.2. The van der Waals surface area contributed by atoms with Crippen LogP contribution < -0.4 is 4.21 Å². The maximum Gasteiger partial charge on any atom is 0.286 e. The predicted molar refractivity (Wildman–Crippen MR) is 109 cm³/mol. The fourth-order valence-corrected chi connectivity index (χ4v) is 4.18. The number of rotatable bonds is 2. The number of pyridine rings is 2. The van der Waals surface area contributed by atoms with Crippen molar-refractivity contribution in [2.24, 2.45) is 0 Å². The van der Waals surface area contributed by atoms with Crippen LogP contribution in [0.25, 0.3) is 33.2 Å². The highest BCUT2D eigenvalue weighted by Gasteiger charge is 2.40. The zero-order valence-electron chi connectivity index (χ0n) is 14.4. The van der Waals surface area contributed by atoms with Crippen LogP contribution in [0.4, 0.5) is 5.69 Å². The molecule has 2 aromatic carbocycles. The van der Waals surface area contributed by atoms with Gasteiger partial charge in [-0.3, -0.25) is 14.8 Å². The summed E-state index contributed by atoms with van der Waals surface area (Å²) in [6.07, 6.45) is 5.26. The lowest BCUT2D eigenvalue weighted by Gasteiger charge is -2.24. The van der Waals surface area contributed by atoms with E-state index >= 15 is 0 Å². The van der Waals surface area contributed by atoms with E-state index in [0.29, 0.717) is 11.9 Å². The normalized spacial score (nSPS) is 18.4. The van der Waals surface area contributed by atoms with Crippen LogP contribution in [-0.4, -0.2) is 20.3 Å². The Bertz CT molecular complexity index is 1240. The molecule has 4 aromatic rings. The Kier molecular flexibility index (Phi) is 3.78. The number of carbonyl (C=O) groups is 1. The Morgan fingerprint density at radius 1 is 0.857 bits per heavy atom. The molecule has 0 fully saturated rings. The summed E-state index contributed by atoms with van der Waals surface area (Å²) in [7, 11) is 0. The van der Waals surface area contributed by atoms with Gasteiger partial charge < -0.3 is 5.21 Å². The van der Waals surface area contributed by atoms with E-state index in [1.807, 2.05) is 36.4 Å². The van der Waals surface area contributed by atoms with Crippen LogP contribution in [0.2, 0.25) is 0 Å². The van der Waals surface area contributed by atoms with Gasteiger partial charge in [0.05, 0.1) is 5.52 Å². The van der Waals surface area contributed by atoms with Gasteiger partial charge in [-0.1, -0.05) is 12.1 Å². The molecule has 0 saturated carbocycles. The summed E-state index contributed by atoms with van der Waals surface area (Å²) in [5.41, 5.74) is 4.80. The molecule has 0 amide bonds. The number of hydrogen-bond donors (Lipinski definition) is 1. The van der Waals surface area contributed by atoms with E-state index in [1.54, 1.807) is 36.8 Å². The number of fused-ring (bicyclic) bond motifs is 2. The Hall–Kier alpha value is -3.10. The fourth-order valence-electron chi connectivity index (χ4n) is 3.44. The van der Waals surface area contributed by atoms with Gasteiger partial charge in [0, 0.05) is 30.0 Å². The minimum Gasteiger partial charge on any atom is -0.581 e. The monoisotopic (exact) mass is 387 g/mol. The van der Waals surface area contributed by atoms with Crippen molar-refractivity contribution in [3.8, 4) is 22.3 Å². The van der Waals surface area contributed by atoms with Gasteiger partial charge in [-0.15, -0.1) is 4.21 Å². The smallest absolute Gasteiger partial charge is 0.286 e. The molecule has 5 rings (SSSR count). The van der Waals surface area contributed by atoms with E-state index < -0.39 is 9.33 Å². The second-order valence-corrected chi connectivity index (χ2v) is 7.51. The molecular formula is C21H13N3O3S. The molecule has 3 heterocycles. The minimum absolute atomic E-state index is 0.0492. The van der Waals surface area contributed by atoms with Gasteiger partial charge in [0.2, 0.25) is 0 Å². The highest BCUT2D eigenvalue weighted by molar-refractivity contribution is 8.14. The molecule has 1 aliphatic rings. The van der Waals surface area contributed by atoms with Crippen molar-refractivity contribution in [2.75, 3.05) is 0 Å². The molecule has 0 bridgehead atoms. The van der Waals surface area contributed by atoms with E-state index in [9.17, 15) is 15.2 Å². The van der Waals surface area contributed by atoms with Gasteiger partial charge in [-0.2, -0.15) is 5.21 Å². The van der Waals surface area contributed by atoms with E-state index in [4.69, 9.17) is 0 Å². The highest BCUT2D eigenvalue weighted by Crippen LogP contribution is 2.44. The largest absolute Gasteiger partial charge is 0.581 e. The van der Waals surface area contributed by atoms with Gasteiger partial charge in [0.25, 0.3) is 5.12 Å². The molecule has 0 spiro atoms. The average molecular weight is 387 g/mol. The van der Waals surface area contributed by atoms with Crippen LogP contribution in [0.15, 0.2) is 73.2 Å². The van der Waals surface area contributed by atoms with Crippen LogP contribution in [0, 0.1) is 5.21 Å². The van der Waals surface area contributed by atoms with Gasteiger partial charge in [0.1, 0.15) is 5.56 Å². The number of quaternary nitrogens is 1. The first-order valence-electron chi connectivity index (χ1n) is 8.54. The molecule has 0 aliphatic carbocycles. The molecule has 2 aromatic heterocycles. The third-order valence-corrected chi connectivity index (χ3v) is 5.62. The lowest BCUT2D eigenvalue weighted by atomic mass is 9.97. The predicted octanol–water partition coefficient (Wildman–Crippen LogP) is 4.96. The standard InChI is InChI=1S/C21H13N3O3S/c25-21-17-3-1-15(12-20(17)24(26,27)28-21)14-2-4-19-18(11-14)16(7-10-23-19)13-5-8-22-9-6-13/h1-12,26H. The molecule has 1 aliphatic heterocycles. The summed E-state index contributed by atoms with van der Waals surface area (Å²) in [6.45, 7) is 0. The number of nitrogens with zero attached hydrogens (tertiary/aromatic N) is 3. The number of carbonyl (C=O) groups excluding carboxylic acids is 1. The molecule has 1 unspecified atom stereocenters. The van der Waals surface area contributed by atoms with E-state index in [-0.39, 0.29) is 11.3 Å². The zero-order chi connectivity index (χ0) is 19.3. The van der Waals surface area contributed by atoms with Gasteiger partial charge in [-0.05, 0) is 58.7 Å². The number of hydrogen-bond acceptors (Lipinski definition) is 6. The highest BCUT2D eigenvalue weighted by atomic mass is 32.2. The van der Waals surface area contributed by atoms with Crippen LogP contribution in [0.3, 0.4) is 0 Å². The van der Waals surface area contributed by atoms with Gasteiger partial charge in [-0.25, -0.2) is 0 Å². The molecule has 0 radical (unpaired) electrons.